The summed E-state index contributed by atoms with van der Waals surface area (Å²) >= 11 is 0. The van der Waals surface area contributed by atoms with Gasteiger partial charge in [-0.1, -0.05) is 12.2 Å². The zero-order valence-corrected chi connectivity index (χ0v) is 15.0. The van der Waals surface area contributed by atoms with Crippen molar-refractivity contribution < 1.29 is 22.6 Å². The van der Waals surface area contributed by atoms with Gasteiger partial charge in [0.25, 0.3) is 0 Å². The number of ether oxygens (including phenoxy) is 2. The smallest absolute Gasteiger partial charge is 0.182 e. The standard InChI is InChI=1S/C20H23F3N2O2/c21-14-2-1-3-15(10-14)27-16-11-17(22)19(23)18(12-16)25-7-4-20(5-8-25)13-24-6-9-26-20/h1-3,11-12,14,24H,4-10,13H2. The second-order valence-electron chi connectivity index (χ2n) is 7.27. The second kappa shape index (κ2) is 7.56. The van der Waals surface area contributed by atoms with Crippen LogP contribution in [0.15, 0.2) is 36.1 Å². The Kier molecular flexibility index (Phi) is 5.14. The number of morpholine rings is 1. The summed E-state index contributed by atoms with van der Waals surface area (Å²) in [7, 11) is 0. The van der Waals surface area contributed by atoms with E-state index in [-0.39, 0.29) is 23.5 Å². The lowest BCUT2D eigenvalue weighted by atomic mass is 9.89. The van der Waals surface area contributed by atoms with Crippen LogP contribution in [-0.2, 0) is 4.74 Å². The van der Waals surface area contributed by atoms with Gasteiger partial charge >= 0.3 is 0 Å². The molecule has 1 unspecified atom stereocenters. The number of benzene rings is 1. The minimum Gasteiger partial charge on any atom is -0.461 e. The zero-order chi connectivity index (χ0) is 18.9. The minimum atomic E-state index is -1.13. The molecule has 1 atom stereocenters. The Morgan fingerprint density at radius 3 is 2.74 bits per heavy atom. The number of nitrogens with zero attached hydrogens (tertiary/aromatic N) is 1. The summed E-state index contributed by atoms with van der Waals surface area (Å²) in [4.78, 5) is 1.82. The largest absolute Gasteiger partial charge is 0.461 e. The molecule has 4 nitrogen and oxygen atoms in total. The molecule has 1 aromatic rings. The van der Waals surface area contributed by atoms with Crippen LogP contribution in [0.5, 0.6) is 5.75 Å². The van der Waals surface area contributed by atoms with E-state index in [0.717, 1.165) is 32.0 Å². The second-order valence-corrected chi connectivity index (χ2v) is 7.27. The summed E-state index contributed by atoms with van der Waals surface area (Å²) < 4.78 is 53.6. The third kappa shape index (κ3) is 3.99. The first-order chi connectivity index (χ1) is 13.0. The zero-order valence-electron chi connectivity index (χ0n) is 15.0. The van der Waals surface area contributed by atoms with Crippen molar-refractivity contribution in [2.75, 3.05) is 37.7 Å². The van der Waals surface area contributed by atoms with Gasteiger partial charge in [-0.05, 0) is 18.9 Å². The molecule has 146 valence electrons. The van der Waals surface area contributed by atoms with Crippen LogP contribution in [0.3, 0.4) is 0 Å². The Morgan fingerprint density at radius 2 is 2.04 bits per heavy atom. The number of anilines is 1. The Morgan fingerprint density at radius 1 is 1.22 bits per heavy atom. The van der Waals surface area contributed by atoms with E-state index in [0.29, 0.717) is 25.5 Å². The number of halogens is 3. The first-order valence-electron chi connectivity index (χ1n) is 9.33. The Balaban J connectivity index is 1.50. The number of allylic oxidation sites excluding steroid dienone is 4. The first-order valence-corrected chi connectivity index (χ1v) is 9.33. The van der Waals surface area contributed by atoms with Crippen molar-refractivity contribution in [2.45, 2.75) is 31.0 Å². The van der Waals surface area contributed by atoms with E-state index >= 15 is 0 Å². The van der Waals surface area contributed by atoms with Crippen molar-refractivity contribution >= 4 is 5.69 Å². The fourth-order valence-corrected chi connectivity index (χ4v) is 3.86. The number of alkyl halides is 1. The Bertz CT molecular complexity index is 750. The molecule has 2 fully saturated rings. The number of nitrogens with one attached hydrogen (secondary N) is 1. The molecular weight excluding hydrogens is 357 g/mol. The van der Waals surface area contributed by atoms with Gasteiger partial charge in [0.05, 0.1) is 17.9 Å². The van der Waals surface area contributed by atoms with Crippen LogP contribution in [0, 0.1) is 11.6 Å². The van der Waals surface area contributed by atoms with Crippen molar-refractivity contribution in [3.8, 4) is 5.75 Å². The maximum absolute atomic E-state index is 14.4. The summed E-state index contributed by atoms with van der Waals surface area (Å²) in [5.41, 5.74) is -0.0415. The third-order valence-corrected chi connectivity index (χ3v) is 5.38. The van der Waals surface area contributed by atoms with Crippen molar-refractivity contribution in [1.29, 1.82) is 0 Å². The molecule has 7 heteroatoms. The molecule has 3 aliphatic rings. The Hall–Kier alpha value is -1.99. The highest BCUT2D eigenvalue weighted by Gasteiger charge is 2.37. The van der Waals surface area contributed by atoms with Crippen LogP contribution >= 0.6 is 0 Å². The minimum absolute atomic E-state index is 0.0847. The van der Waals surface area contributed by atoms with Gasteiger partial charge in [0.1, 0.15) is 17.7 Å². The average molecular weight is 380 g/mol. The van der Waals surface area contributed by atoms with E-state index in [1.807, 2.05) is 4.90 Å². The van der Waals surface area contributed by atoms with Crippen LogP contribution in [0.2, 0.25) is 0 Å². The lowest BCUT2D eigenvalue weighted by molar-refractivity contribution is -0.0800. The summed E-state index contributed by atoms with van der Waals surface area (Å²) in [5.74, 6) is -1.29. The van der Waals surface area contributed by atoms with E-state index in [9.17, 15) is 13.2 Å². The van der Waals surface area contributed by atoms with Crippen LogP contribution in [0.25, 0.3) is 0 Å². The molecule has 4 rings (SSSR count). The Labute approximate surface area is 156 Å². The number of hydrogen-bond acceptors (Lipinski definition) is 4. The van der Waals surface area contributed by atoms with E-state index < -0.39 is 17.8 Å². The van der Waals surface area contributed by atoms with Gasteiger partial charge < -0.3 is 19.7 Å². The van der Waals surface area contributed by atoms with Crippen LogP contribution < -0.4 is 15.0 Å². The predicted molar refractivity (Wildman–Crippen MR) is 96.7 cm³/mol. The van der Waals surface area contributed by atoms with Crippen molar-refractivity contribution in [3.63, 3.8) is 0 Å². The summed E-state index contributed by atoms with van der Waals surface area (Å²) in [6, 6.07) is 2.49. The quantitative estimate of drug-likeness (QED) is 0.871. The lowest BCUT2D eigenvalue weighted by Crippen LogP contribution is -2.55. The maximum atomic E-state index is 14.4. The van der Waals surface area contributed by atoms with Gasteiger partial charge in [0, 0.05) is 44.7 Å². The fraction of sp³-hybridized carbons (Fsp3) is 0.500. The molecular formula is C20H23F3N2O2. The third-order valence-electron chi connectivity index (χ3n) is 5.38. The monoisotopic (exact) mass is 380 g/mol. The molecule has 1 aromatic carbocycles. The maximum Gasteiger partial charge on any atom is 0.182 e. The highest BCUT2D eigenvalue weighted by Crippen LogP contribution is 2.35. The van der Waals surface area contributed by atoms with E-state index in [2.05, 4.69) is 5.32 Å². The molecule has 1 N–H and O–H groups in total. The van der Waals surface area contributed by atoms with Gasteiger partial charge in [-0.2, -0.15) is 0 Å². The molecule has 27 heavy (non-hydrogen) atoms. The number of rotatable bonds is 3. The van der Waals surface area contributed by atoms with Gasteiger partial charge in [0.2, 0.25) is 0 Å². The van der Waals surface area contributed by atoms with Crippen LogP contribution in [0.1, 0.15) is 19.3 Å². The highest BCUT2D eigenvalue weighted by molar-refractivity contribution is 5.53. The van der Waals surface area contributed by atoms with Crippen LogP contribution in [-0.4, -0.2) is 44.6 Å². The molecule has 0 amide bonds. The average Bonchev–Trinajstić information content (AvgIpc) is 2.66. The summed E-state index contributed by atoms with van der Waals surface area (Å²) in [5, 5.41) is 3.34. The molecule has 2 aliphatic heterocycles. The predicted octanol–water partition coefficient (Wildman–Crippen LogP) is 3.48. The van der Waals surface area contributed by atoms with Gasteiger partial charge in [-0.25, -0.2) is 13.2 Å². The molecule has 0 radical (unpaired) electrons. The van der Waals surface area contributed by atoms with Crippen molar-refractivity contribution in [2.24, 2.45) is 0 Å². The highest BCUT2D eigenvalue weighted by atomic mass is 19.2. The molecule has 0 aromatic heterocycles. The normalized spacial score (nSPS) is 24.8. The SMILES string of the molecule is Fc1cc(OC2=CC=CC(F)C2)cc(N2CCC3(CC2)CNCCO3)c1F. The molecule has 2 saturated heterocycles. The summed E-state index contributed by atoms with van der Waals surface area (Å²) in [6.07, 6.45) is 5.06. The van der Waals surface area contributed by atoms with E-state index in [1.54, 1.807) is 12.2 Å². The fourth-order valence-electron chi connectivity index (χ4n) is 3.86. The summed E-state index contributed by atoms with van der Waals surface area (Å²) in [6.45, 7) is 3.44. The van der Waals surface area contributed by atoms with Crippen LogP contribution in [0.4, 0.5) is 18.9 Å². The molecule has 2 heterocycles. The molecule has 0 bridgehead atoms. The van der Waals surface area contributed by atoms with E-state index in [1.165, 1.54) is 12.1 Å². The van der Waals surface area contributed by atoms with E-state index in [4.69, 9.17) is 9.47 Å². The van der Waals surface area contributed by atoms with Crippen molar-refractivity contribution in [1.82, 2.24) is 5.32 Å². The number of piperidine rings is 1. The molecule has 1 aliphatic carbocycles. The molecule has 0 saturated carbocycles. The first kappa shape index (κ1) is 18.4. The van der Waals surface area contributed by atoms with Gasteiger partial charge in [-0.3, -0.25) is 0 Å². The lowest BCUT2D eigenvalue weighted by Gasteiger charge is -2.44. The number of hydrogen-bond donors (Lipinski definition) is 1. The van der Waals surface area contributed by atoms with Crippen molar-refractivity contribution in [3.05, 3.63) is 47.8 Å². The van der Waals surface area contributed by atoms with Gasteiger partial charge in [-0.15, -0.1) is 0 Å². The topological polar surface area (TPSA) is 33.7 Å². The molecule has 1 spiro atoms. The van der Waals surface area contributed by atoms with Gasteiger partial charge in [0.15, 0.2) is 11.6 Å².